The van der Waals surface area contributed by atoms with E-state index in [-0.39, 0.29) is 5.91 Å². The summed E-state index contributed by atoms with van der Waals surface area (Å²) in [6.45, 7) is 0.771. The average molecular weight is 374 g/mol. The summed E-state index contributed by atoms with van der Waals surface area (Å²) < 4.78 is 0. The summed E-state index contributed by atoms with van der Waals surface area (Å²) in [4.78, 5) is 38.9. The first-order valence-electron chi connectivity index (χ1n) is 7.64. The fraction of sp³-hybridized carbons (Fsp3) is 0.188. The Bertz CT molecular complexity index is 842. The Labute approximate surface area is 151 Å². The highest BCUT2D eigenvalue weighted by molar-refractivity contribution is 8.01. The molecule has 25 heavy (non-hydrogen) atoms. The molecule has 0 bridgehead atoms. The van der Waals surface area contributed by atoms with Crippen molar-refractivity contribution in [2.45, 2.75) is 10.3 Å². The van der Waals surface area contributed by atoms with E-state index in [2.05, 4.69) is 16.0 Å². The van der Waals surface area contributed by atoms with Gasteiger partial charge in [0.15, 0.2) is 5.37 Å². The van der Waals surface area contributed by atoms with Gasteiger partial charge < -0.3 is 16.0 Å². The van der Waals surface area contributed by atoms with Gasteiger partial charge in [-0.3, -0.25) is 14.5 Å². The molecule has 0 radical (unpaired) electrons. The number of para-hydroxylation sites is 1. The minimum Gasteiger partial charge on any atom is -0.364 e. The molecular formula is C16H14N4O3S2. The number of rotatable bonds is 3. The lowest BCUT2D eigenvalue weighted by Gasteiger charge is -2.14. The van der Waals surface area contributed by atoms with Crippen LogP contribution in [-0.2, 0) is 4.79 Å². The summed E-state index contributed by atoms with van der Waals surface area (Å²) in [7, 11) is 0. The number of imide groups is 1. The average Bonchev–Trinajstić information content (AvgIpc) is 3.32. The molecule has 1 saturated heterocycles. The fourth-order valence-corrected chi connectivity index (χ4v) is 4.47. The second kappa shape index (κ2) is 6.41. The Morgan fingerprint density at radius 3 is 2.84 bits per heavy atom. The second-order valence-electron chi connectivity index (χ2n) is 5.48. The highest BCUT2D eigenvalue weighted by Gasteiger charge is 2.31. The molecule has 1 fully saturated rings. The molecular weight excluding hydrogens is 360 g/mol. The normalized spacial score (nSPS) is 18.5. The molecule has 0 spiro atoms. The van der Waals surface area contributed by atoms with Crippen LogP contribution in [0.25, 0.3) is 0 Å². The first-order chi connectivity index (χ1) is 12.1. The number of fused-ring (bicyclic) bond motifs is 1. The van der Waals surface area contributed by atoms with Crippen molar-refractivity contribution in [3.63, 3.8) is 0 Å². The topological polar surface area (TPSA) is 90.5 Å². The SMILES string of the molecule is O=C(Nc1sccc1C(=O)N1CCNC1=O)C1Nc2ccccc2S1. The standard InChI is InChI=1S/C16H14N4O3S2/c21-12(14-18-10-3-1-2-4-11(10)25-14)19-13-9(5-8-24-13)15(22)20-7-6-17-16(20)23/h1-5,8,14,18H,6-7H2,(H,17,23)(H,19,21). The van der Waals surface area contributed by atoms with Gasteiger partial charge in [-0.15, -0.1) is 11.3 Å². The molecule has 0 aliphatic carbocycles. The Hall–Kier alpha value is -2.52. The number of nitrogens with zero attached hydrogens (tertiary/aromatic N) is 1. The maximum absolute atomic E-state index is 12.5. The van der Waals surface area contributed by atoms with Crippen molar-refractivity contribution in [3.05, 3.63) is 41.3 Å². The van der Waals surface area contributed by atoms with E-state index >= 15 is 0 Å². The van der Waals surface area contributed by atoms with Crippen LogP contribution in [0.5, 0.6) is 0 Å². The number of hydrogen-bond donors (Lipinski definition) is 3. The van der Waals surface area contributed by atoms with E-state index in [4.69, 9.17) is 0 Å². The van der Waals surface area contributed by atoms with Crippen molar-refractivity contribution in [2.75, 3.05) is 23.7 Å². The summed E-state index contributed by atoms with van der Waals surface area (Å²) in [5, 5.41) is 10.3. The fourth-order valence-electron chi connectivity index (χ4n) is 2.67. The van der Waals surface area contributed by atoms with Gasteiger partial charge >= 0.3 is 6.03 Å². The Balaban J connectivity index is 1.47. The van der Waals surface area contributed by atoms with E-state index in [0.717, 1.165) is 15.5 Å². The van der Waals surface area contributed by atoms with Crippen LogP contribution < -0.4 is 16.0 Å². The molecule has 128 valence electrons. The largest absolute Gasteiger partial charge is 0.364 e. The second-order valence-corrected chi connectivity index (χ2v) is 7.54. The third-order valence-corrected chi connectivity index (χ3v) is 5.90. The first kappa shape index (κ1) is 16.0. The quantitative estimate of drug-likeness (QED) is 0.767. The number of carbonyl (C=O) groups excluding carboxylic acids is 3. The van der Waals surface area contributed by atoms with Gasteiger partial charge in [0, 0.05) is 23.7 Å². The van der Waals surface area contributed by atoms with Crippen LogP contribution in [0.3, 0.4) is 0 Å². The summed E-state index contributed by atoms with van der Waals surface area (Å²) in [6.07, 6.45) is 0. The zero-order valence-electron chi connectivity index (χ0n) is 12.9. The molecule has 4 rings (SSSR count). The molecule has 4 amide bonds. The number of urea groups is 1. The van der Waals surface area contributed by atoms with E-state index in [1.54, 1.807) is 11.4 Å². The van der Waals surface area contributed by atoms with Crippen molar-refractivity contribution in [3.8, 4) is 0 Å². The number of benzene rings is 1. The third-order valence-electron chi connectivity index (χ3n) is 3.89. The maximum atomic E-state index is 12.5. The van der Waals surface area contributed by atoms with Crippen LogP contribution in [-0.4, -0.2) is 41.2 Å². The lowest BCUT2D eigenvalue weighted by atomic mass is 10.2. The molecule has 9 heteroatoms. The van der Waals surface area contributed by atoms with Gasteiger partial charge in [-0.25, -0.2) is 4.79 Å². The van der Waals surface area contributed by atoms with E-state index in [1.165, 1.54) is 23.1 Å². The molecule has 2 aromatic rings. The molecule has 0 saturated carbocycles. The van der Waals surface area contributed by atoms with Crippen LogP contribution in [0.15, 0.2) is 40.6 Å². The summed E-state index contributed by atoms with van der Waals surface area (Å²) in [6, 6.07) is 8.91. The number of nitrogens with one attached hydrogen (secondary N) is 3. The molecule has 1 atom stereocenters. The number of thioether (sulfide) groups is 1. The Kier molecular flexibility index (Phi) is 4.10. The minimum absolute atomic E-state index is 0.233. The molecule has 1 aromatic carbocycles. The molecule has 1 unspecified atom stereocenters. The Morgan fingerprint density at radius 1 is 1.24 bits per heavy atom. The molecule has 3 heterocycles. The zero-order valence-corrected chi connectivity index (χ0v) is 14.6. The Morgan fingerprint density at radius 2 is 2.08 bits per heavy atom. The van der Waals surface area contributed by atoms with Crippen LogP contribution >= 0.6 is 23.1 Å². The van der Waals surface area contributed by atoms with Crippen LogP contribution in [0, 0.1) is 0 Å². The van der Waals surface area contributed by atoms with Gasteiger partial charge in [0.05, 0.1) is 5.56 Å². The maximum Gasteiger partial charge on any atom is 0.324 e. The van der Waals surface area contributed by atoms with Gasteiger partial charge in [-0.2, -0.15) is 0 Å². The van der Waals surface area contributed by atoms with Crippen LogP contribution in [0.4, 0.5) is 15.5 Å². The summed E-state index contributed by atoms with van der Waals surface area (Å²) in [5.74, 6) is -0.634. The van der Waals surface area contributed by atoms with Gasteiger partial charge in [0.1, 0.15) is 5.00 Å². The molecule has 2 aliphatic rings. The number of anilines is 2. The van der Waals surface area contributed by atoms with Gasteiger partial charge in [0.2, 0.25) is 0 Å². The van der Waals surface area contributed by atoms with Crippen molar-refractivity contribution < 1.29 is 14.4 Å². The van der Waals surface area contributed by atoms with Gasteiger partial charge in [0.25, 0.3) is 11.8 Å². The smallest absolute Gasteiger partial charge is 0.324 e. The van der Waals surface area contributed by atoms with Crippen LogP contribution in [0.2, 0.25) is 0 Å². The monoisotopic (exact) mass is 374 g/mol. The highest BCUT2D eigenvalue weighted by Crippen LogP contribution is 2.38. The summed E-state index contributed by atoms with van der Waals surface area (Å²) in [5.41, 5.74) is 1.25. The van der Waals surface area contributed by atoms with E-state index < -0.39 is 17.3 Å². The predicted molar refractivity (Wildman–Crippen MR) is 97.1 cm³/mol. The number of hydrogen-bond acceptors (Lipinski definition) is 6. The van der Waals surface area contributed by atoms with E-state index in [1.807, 2.05) is 24.3 Å². The van der Waals surface area contributed by atoms with Crippen molar-refractivity contribution >= 4 is 51.6 Å². The molecule has 2 aliphatic heterocycles. The lowest BCUT2D eigenvalue weighted by molar-refractivity contribution is -0.115. The number of thiophene rings is 1. The van der Waals surface area contributed by atoms with Gasteiger partial charge in [-0.05, 0) is 23.6 Å². The highest BCUT2D eigenvalue weighted by atomic mass is 32.2. The van der Waals surface area contributed by atoms with Crippen LogP contribution in [0.1, 0.15) is 10.4 Å². The number of amides is 4. The van der Waals surface area contributed by atoms with E-state index in [9.17, 15) is 14.4 Å². The lowest BCUT2D eigenvalue weighted by Crippen LogP contribution is -2.35. The van der Waals surface area contributed by atoms with E-state index in [0.29, 0.717) is 23.7 Å². The van der Waals surface area contributed by atoms with Crippen molar-refractivity contribution in [2.24, 2.45) is 0 Å². The molecule has 3 N–H and O–H groups in total. The summed E-state index contributed by atoms with van der Waals surface area (Å²) >= 11 is 2.69. The molecule has 7 nitrogen and oxygen atoms in total. The number of carbonyl (C=O) groups is 3. The first-order valence-corrected chi connectivity index (χ1v) is 9.40. The third kappa shape index (κ3) is 2.96. The van der Waals surface area contributed by atoms with Crippen molar-refractivity contribution in [1.29, 1.82) is 0 Å². The van der Waals surface area contributed by atoms with Crippen molar-refractivity contribution in [1.82, 2.24) is 10.2 Å². The molecule has 1 aromatic heterocycles. The predicted octanol–water partition coefficient (Wildman–Crippen LogP) is 2.40. The minimum atomic E-state index is -0.461. The zero-order chi connectivity index (χ0) is 17.4. The van der Waals surface area contributed by atoms with Gasteiger partial charge in [-0.1, -0.05) is 23.9 Å².